The van der Waals surface area contributed by atoms with Gasteiger partial charge in [0.2, 0.25) is 5.91 Å². The number of nitrogens with zero attached hydrogens (tertiary/aromatic N) is 2. The molecule has 4 aliphatic rings. The van der Waals surface area contributed by atoms with E-state index in [0.717, 1.165) is 50.1 Å². The Morgan fingerprint density at radius 2 is 2.12 bits per heavy atom. The van der Waals surface area contributed by atoms with Crippen molar-refractivity contribution < 1.29 is 18.7 Å². The number of para-hydroxylation sites is 1. The van der Waals surface area contributed by atoms with E-state index in [1.165, 1.54) is 4.57 Å². The van der Waals surface area contributed by atoms with Crippen molar-refractivity contribution in [2.24, 2.45) is 13.0 Å². The number of H-pyrrole nitrogens is 1. The fraction of sp³-hybridized carbons (Fsp3) is 0.500. The molecule has 0 aliphatic heterocycles. The Bertz CT molecular complexity index is 1320. The van der Waals surface area contributed by atoms with E-state index in [9.17, 15) is 14.4 Å². The number of ether oxygens (including phenoxy) is 1. The second-order valence-corrected chi connectivity index (χ2v) is 10.0. The van der Waals surface area contributed by atoms with Crippen LogP contribution in [0.1, 0.15) is 55.7 Å². The SMILES string of the molecule is Cn1c(=O)oc2c(CC(=O)Nc3cc([C@@H]4CC[C@H](OC(=O)NC56CC(C5)C6)C4)[nH]n3)cccc21. The number of carbonyl (C=O) groups is 2. The molecule has 4 saturated carbocycles. The molecule has 2 aromatic heterocycles. The molecular weight excluding hydrogens is 438 g/mol. The van der Waals surface area contributed by atoms with E-state index in [0.29, 0.717) is 22.5 Å². The standard InChI is InChI=1S/C24H27N5O5/c1-29-18-4-2-3-15(21(18)34-23(29)32)8-20(30)25-19-9-17(27-28-19)14-5-6-16(7-14)33-22(31)26-24-10-13(11-24)12-24/h2-4,9,13-14,16H,5-8,10-12H2,1H3,(H,26,31)(H2,25,27,28,30)/t13?,14-,16+,24?/m1/s1. The lowest BCUT2D eigenvalue weighted by Gasteiger charge is -2.61. The predicted octanol–water partition coefficient (Wildman–Crippen LogP) is 2.95. The Hall–Kier alpha value is -3.56. The maximum absolute atomic E-state index is 12.6. The number of aryl methyl sites for hydroxylation is 1. The highest BCUT2D eigenvalue weighted by Gasteiger charge is 2.57. The summed E-state index contributed by atoms with van der Waals surface area (Å²) in [6.45, 7) is 0. The Balaban J connectivity index is 1.03. The summed E-state index contributed by atoms with van der Waals surface area (Å²) in [5.41, 5.74) is 2.64. The van der Waals surface area contributed by atoms with Crippen LogP contribution in [0.3, 0.4) is 0 Å². The zero-order valence-electron chi connectivity index (χ0n) is 18.9. The van der Waals surface area contributed by atoms with Gasteiger partial charge in [0.1, 0.15) is 6.10 Å². The number of nitrogens with one attached hydrogen (secondary N) is 3. The smallest absolute Gasteiger partial charge is 0.419 e. The van der Waals surface area contributed by atoms with E-state index in [1.54, 1.807) is 25.2 Å². The number of aromatic nitrogens is 3. The van der Waals surface area contributed by atoms with Crippen LogP contribution in [-0.4, -0.2) is 38.4 Å². The van der Waals surface area contributed by atoms with Crippen LogP contribution in [0, 0.1) is 5.92 Å². The van der Waals surface area contributed by atoms with Crippen LogP contribution >= 0.6 is 0 Å². The number of alkyl carbamates (subject to hydrolysis) is 1. The molecule has 2 atom stereocenters. The second kappa shape index (κ2) is 7.75. The third-order valence-electron chi connectivity index (χ3n) is 7.62. The van der Waals surface area contributed by atoms with Gasteiger partial charge in [-0.25, -0.2) is 9.59 Å². The van der Waals surface area contributed by atoms with Gasteiger partial charge in [0.05, 0.1) is 11.9 Å². The molecule has 1 aromatic carbocycles. The van der Waals surface area contributed by atoms with Crippen LogP contribution in [0.25, 0.3) is 11.1 Å². The van der Waals surface area contributed by atoms with Crippen molar-refractivity contribution in [1.29, 1.82) is 0 Å². The monoisotopic (exact) mass is 465 g/mol. The molecular formula is C24H27N5O5. The number of hydrogen-bond acceptors (Lipinski definition) is 6. The summed E-state index contributed by atoms with van der Waals surface area (Å²) in [7, 11) is 1.63. The van der Waals surface area contributed by atoms with Gasteiger partial charge >= 0.3 is 11.8 Å². The fourth-order valence-corrected chi connectivity index (χ4v) is 5.67. The van der Waals surface area contributed by atoms with Gasteiger partial charge in [0.25, 0.3) is 0 Å². The number of rotatable bonds is 6. The first-order chi connectivity index (χ1) is 16.4. The molecule has 0 radical (unpaired) electrons. The summed E-state index contributed by atoms with van der Waals surface area (Å²) < 4.78 is 12.4. The van der Waals surface area contributed by atoms with Crippen LogP contribution in [0.5, 0.6) is 0 Å². The minimum absolute atomic E-state index is 0.0215. The second-order valence-electron chi connectivity index (χ2n) is 10.0. The average molecular weight is 466 g/mol. The zero-order valence-corrected chi connectivity index (χ0v) is 18.9. The van der Waals surface area contributed by atoms with E-state index < -0.39 is 5.76 Å². The van der Waals surface area contributed by atoms with Gasteiger partial charge in [-0.3, -0.25) is 14.5 Å². The Kier molecular flexibility index (Phi) is 4.79. The lowest BCUT2D eigenvalue weighted by Crippen LogP contribution is -2.68. The van der Waals surface area contributed by atoms with E-state index >= 15 is 0 Å². The molecule has 2 amide bonds. The topological polar surface area (TPSA) is 131 Å². The van der Waals surface area contributed by atoms with Gasteiger partial charge in [-0.15, -0.1) is 0 Å². The minimum Gasteiger partial charge on any atom is -0.446 e. The van der Waals surface area contributed by atoms with Gasteiger partial charge in [0, 0.05) is 35.8 Å². The first-order valence-electron chi connectivity index (χ1n) is 11.8. The normalized spacial score (nSPS) is 27.1. The molecule has 34 heavy (non-hydrogen) atoms. The number of benzene rings is 1. The average Bonchev–Trinajstić information content (AvgIpc) is 3.45. The molecule has 10 nitrogen and oxygen atoms in total. The molecule has 3 N–H and O–H groups in total. The minimum atomic E-state index is -0.462. The zero-order chi connectivity index (χ0) is 23.4. The molecule has 2 bridgehead atoms. The number of carbonyl (C=O) groups excluding carboxylic acids is 2. The number of hydrogen-bond donors (Lipinski definition) is 3. The van der Waals surface area contributed by atoms with Crippen molar-refractivity contribution >= 4 is 28.9 Å². The summed E-state index contributed by atoms with van der Waals surface area (Å²) in [4.78, 5) is 36.6. The third kappa shape index (κ3) is 3.66. The van der Waals surface area contributed by atoms with E-state index in [-0.39, 0.29) is 36.0 Å². The quantitative estimate of drug-likeness (QED) is 0.513. The fourth-order valence-electron chi connectivity index (χ4n) is 5.67. The summed E-state index contributed by atoms with van der Waals surface area (Å²) in [6.07, 6.45) is 5.34. The van der Waals surface area contributed by atoms with Crippen LogP contribution in [0.15, 0.2) is 33.5 Å². The van der Waals surface area contributed by atoms with E-state index in [4.69, 9.17) is 9.15 Å². The molecule has 4 fully saturated rings. The van der Waals surface area contributed by atoms with Crippen molar-refractivity contribution in [3.8, 4) is 0 Å². The lowest BCUT2D eigenvalue weighted by atomic mass is 9.50. The molecule has 178 valence electrons. The predicted molar refractivity (Wildman–Crippen MR) is 122 cm³/mol. The number of fused-ring (bicyclic) bond motifs is 1. The number of oxazole rings is 1. The van der Waals surface area contributed by atoms with Crippen molar-refractivity contribution in [2.45, 2.75) is 62.5 Å². The molecule has 0 unspecified atom stereocenters. The molecule has 7 rings (SSSR count). The van der Waals surface area contributed by atoms with E-state index in [1.807, 2.05) is 6.07 Å². The maximum Gasteiger partial charge on any atom is 0.419 e. The first kappa shape index (κ1) is 21.0. The van der Waals surface area contributed by atoms with Gasteiger partial charge in [-0.05, 0) is 50.5 Å². The van der Waals surface area contributed by atoms with Crippen LogP contribution in [0.4, 0.5) is 10.6 Å². The summed E-state index contributed by atoms with van der Waals surface area (Å²) in [5.74, 6) is 0.718. The van der Waals surface area contributed by atoms with Gasteiger partial charge < -0.3 is 19.8 Å². The van der Waals surface area contributed by atoms with Crippen molar-refractivity contribution in [3.05, 3.63) is 46.1 Å². The van der Waals surface area contributed by atoms with Gasteiger partial charge in [-0.2, -0.15) is 5.10 Å². The molecule has 0 spiro atoms. The van der Waals surface area contributed by atoms with Crippen molar-refractivity contribution in [2.75, 3.05) is 5.32 Å². The Labute approximate surface area is 195 Å². The summed E-state index contributed by atoms with van der Waals surface area (Å²) in [5, 5.41) is 13.1. The van der Waals surface area contributed by atoms with Crippen LogP contribution < -0.4 is 16.4 Å². The summed E-state index contributed by atoms with van der Waals surface area (Å²) >= 11 is 0. The van der Waals surface area contributed by atoms with Gasteiger partial charge in [0.15, 0.2) is 11.4 Å². The van der Waals surface area contributed by atoms with Gasteiger partial charge in [-0.1, -0.05) is 12.1 Å². The first-order valence-corrected chi connectivity index (χ1v) is 11.8. The van der Waals surface area contributed by atoms with E-state index in [2.05, 4.69) is 20.8 Å². The Morgan fingerprint density at radius 3 is 2.88 bits per heavy atom. The number of aromatic amines is 1. The Morgan fingerprint density at radius 1 is 1.29 bits per heavy atom. The van der Waals surface area contributed by atoms with Crippen LogP contribution in [-0.2, 0) is 23.0 Å². The number of anilines is 1. The van der Waals surface area contributed by atoms with Crippen molar-refractivity contribution in [1.82, 2.24) is 20.1 Å². The molecule has 2 heterocycles. The molecule has 10 heteroatoms. The summed E-state index contributed by atoms with van der Waals surface area (Å²) in [6, 6.07) is 7.17. The third-order valence-corrected chi connectivity index (χ3v) is 7.62. The largest absolute Gasteiger partial charge is 0.446 e. The molecule has 0 saturated heterocycles. The maximum atomic E-state index is 12.6. The molecule has 3 aromatic rings. The highest BCUT2D eigenvalue weighted by Crippen LogP contribution is 2.57. The highest BCUT2D eigenvalue weighted by molar-refractivity contribution is 5.93. The molecule has 4 aliphatic carbocycles. The van der Waals surface area contributed by atoms with Crippen molar-refractivity contribution in [3.63, 3.8) is 0 Å². The lowest BCUT2D eigenvalue weighted by molar-refractivity contribution is -0.115. The number of amides is 2. The van der Waals surface area contributed by atoms with Crippen LogP contribution in [0.2, 0.25) is 0 Å². The highest BCUT2D eigenvalue weighted by atomic mass is 16.6.